The zero-order valence-electron chi connectivity index (χ0n) is 12.5. The van der Waals surface area contributed by atoms with Crippen LogP contribution in [-0.4, -0.2) is 32.3 Å². The van der Waals surface area contributed by atoms with Gasteiger partial charge < -0.3 is 14.8 Å². The summed E-state index contributed by atoms with van der Waals surface area (Å²) in [6, 6.07) is 13.9. The van der Waals surface area contributed by atoms with Crippen LogP contribution in [0.1, 0.15) is 13.3 Å². The first-order valence-electron chi connectivity index (χ1n) is 7.16. The van der Waals surface area contributed by atoms with Crippen LogP contribution in [0.25, 0.3) is 10.8 Å². The second-order valence-corrected chi connectivity index (χ2v) is 4.81. The van der Waals surface area contributed by atoms with Gasteiger partial charge in [0.2, 0.25) is 0 Å². The molecule has 112 valence electrons. The quantitative estimate of drug-likeness (QED) is 0.797. The molecule has 0 bridgehead atoms. The summed E-state index contributed by atoms with van der Waals surface area (Å²) in [5.74, 6) is 0.602. The Balaban J connectivity index is 2.04. The van der Waals surface area contributed by atoms with Crippen LogP contribution in [0.3, 0.4) is 0 Å². The van der Waals surface area contributed by atoms with Crippen LogP contribution in [0.4, 0.5) is 0 Å². The number of fused-ring (bicyclic) bond motifs is 1. The van der Waals surface area contributed by atoms with Crippen LogP contribution in [0, 0.1) is 0 Å². The lowest BCUT2D eigenvalue weighted by Gasteiger charge is -2.17. The monoisotopic (exact) mass is 287 g/mol. The maximum Gasteiger partial charge on any atom is 0.261 e. The standard InChI is InChI=1S/C17H21NO3/c1-3-16(17(19)18-10-11-20-2)21-15-9-8-13-6-4-5-7-14(13)12-15/h4-9,12,16H,3,10-11H2,1-2H3,(H,18,19). The van der Waals surface area contributed by atoms with Crippen molar-refractivity contribution in [3.05, 3.63) is 42.5 Å². The summed E-state index contributed by atoms with van der Waals surface area (Å²) >= 11 is 0. The summed E-state index contributed by atoms with van der Waals surface area (Å²) in [7, 11) is 1.61. The second-order valence-electron chi connectivity index (χ2n) is 4.81. The second kappa shape index (κ2) is 7.64. The van der Waals surface area contributed by atoms with Crippen molar-refractivity contribution in [1.82, 2.24) is 5.32 Å². The molecule has 0 spiro atoms. The van der Waals surface area contributed by atoms with Crippen molar-refractivity contribution >= 4 is 16.7 Å². The van der Waals surface area contributed by atoms with Crippen LogP contribution in [0.5, 0.6) is 5.75 Å². The van der Waals surface area contributed by atoms with Crippen LogP contribution < -0.4 is 10.1 Å². The van der Waals surface area contributed by atoms with Crippen LogP contribution >= 0.6 is 0 Å². The number of amides is 1. The highest BCUT2D eigenvalue weighted by Crippen LogP contribution is 2.21. The van der Waals surface area contributed by atoms with Gasteiger partial charge in [0.1, 0.15) is 5.75 Å². The smallest absolute Gasteiger partial charge is 0.261 e. The lowest BCUT2D eigenvalue weighted by atomic mass is 10.1. The Bertz CT molecular complexity index is 597. The van der Waals surface area contributed by atoms with Crippen molar-refractivity contribution in [2.45, 2.75) is 19.4 Å². The molecule has 21 heavy (non-hydrogen) atoms. The molecule has 1 atom stereocenters. The lowest BCUT2D eigenvalue weighted by Crippen LogP contribution is -2.39. The van der Waals surface area contributed by atoms with Crippen molar-refractivity contribution in [1.29, 1.82) is 0 Å². The van der Waals surface area contributed by atoms with Gasteiger partial charge in [-0.15, -0.1) is 0 Å². The van der Waals surface area contributed by atoms with Gasteiger partial charge in [0.05, 0.1) is 6.61 Å². The molecule has 2 rings (SSSR count). The number of methoxy groups -OCH3 is 1. The molecule has 0 fully saturated rings. The van der Waals surface area contributed by atoms with E-state index in [0.717, 1.165) is 10.8 Å². The highest BCUT2D eigenvalue weighted by atomic mass is 16.5. The number of carbonyl (C=O) groups excluding carboxylic acids is 1. The number of hydrogen-bond donors (Lipinski definition) is 1. The van der Waals surface area contributed by atoms with Crippen LogP contribution in [0.2, 0.25) is 0 Å². The van der Waals surface area contributed by atoms with Crippen LogP contribution in [-0.2, 0) is 9.53 Å². The maximum absolute atomic E-state index is 12.0. The fraction of sp³-hybridized carbons (Fsp3) is 0.353. The van der Waals surface area contributed by atoms with Crippen molar-refractivity contribution in [3.63, 3.8) is 0 Å². The molecule has 0 radical (unpaired) electrons. The third kappa shape index (κ3) is 4.20. The molecule has 0 saturated carbocycles. The predicted molar refractivity (Wildman–Crippen MR) is 83.5 cm³/mol. The summed E-state index contributed by atoms with van der Waals surface area (Å²) in [5.41, 5.74) is 0. The normalized spacial score (nSPS) is 12.1. The number of carbonyl (C=O) groups is 1. The van der Waals surface area contributed by atoms with Gasteiger partial charge in [0.15, 0.2) is 6.10 Å². The molecule has 4 heteroatoms. The minimum atomic E-state index is -0.483. The summed E-state index contributed by atoms with van der Waals surface area (Å²) in [6.45, 7) is 2.92. The maximum atomic E-state index is 12.0. The summed E-state index contributed by atoms with van der Waals surface area (Å²) in [5, 5.41) is 5.06. The molecule has 0 heterocycles. The number of hydrogen-bond acceptors (Lipinski definition) is 3. The Morgan fingerprint density at radius 2 is 1.95 bits per heavy atom. The molecule has 4 nitrogen and oxygen atoms in total. The molecule has 1 amide bonds. The van der Waals surface area contributed by atoms with E-state index < -0.39 is 6.10 Å². The average Bonchev–Trinajstić information content (AvgIpc) is 2.52. The molecular formula is C17H21NO3. The highest BCUT2D eigenvalue weighted by molar-refractivity contribution is 5.84. The lowest BCUT2D eigenvalue weighted by molar-refractivity contribution is -0.128. The number of benzene rings is 2. The molecule has 2 aromatic carbocycles. The summed E-state index contributed by atoms with van der Waals surface area (Å²) < 4.78 is 10.7. The molecule has 1 unspecified atom stereocenters. The van der Waals surface area contributed by atoms with E-state index in [-0.39, 0.29) is 5.91 Å². The third-order valence-corrected chi connectivity index (χ3v) is 3.27. The van der Waals surface area contributed by atoms with E-state index in [4.69, 9.17) is 9.47 Å². The van der Waals surface area contributed by atoms with E-state index in [0.29, 0.717) is 25.3 Å². The first kappa shape index (κ1) is 15.3. The molecule has 1 N–H and O–H groups in total. The SMILES string of the molecule is CCC(Oc1ccc2ccccc2c1)C(=O)NCCOC. The molecule has 0 saturated heterocycles. The minimum absolute atomic E-state index is 0.109. The Kier molecular flexibility index (Phi) is 5.58. The fourth-order valence-corrected chi connectivity index (χ4v) is 2.12. The van der Waals surface area contributed by atoms with Crippen molar-refractivity contribution in [3.8, 4) is 5.75 Å². The van der Waals surface area contributed by atoms with Gasteiger partial charge in [-0.1, -0.05) is 37.3 Å². The predicted octanol–water partition coefficient (Wildman–Crippen LogP) is 2.76. The van der Waals surface area contributed by atoms with Crippen molar-refractivity contribution < 1.29 is 14.3 Å². The highest BCUT2D eigenvalue weighted by Gasteiger charge is 2.17. The molecule has 0 aliphatic heterocycles. The zero-order valence-corrected chi connectivity index (χ0v) is 12.5. The number of rotatable bonds is 7. The van der Waals surface area contributed by atoms with Crippen molar-refractivity contribution in [2.75, 3.05) is 20.3 Å². The largest absolute Gasteiger partial charge is 0.481 e. The van der Waals surface area contributed by atoms with Crippen molar-refractivity contribution in [2.24, 2.45) is 0 Å². The van der Waals surface area contributed by atoms with Gasteiger partial charge in [-0.2, -0.15) is 0 Å². The zero-order chi connectivity index (χ0) is 15.1. The van der Waals surface area contributed by atoms with Crippen LogP contribution in [0.15, 0.2) is 42.5 Å². The van der Waals surface area contributed by atoms with Gasteiger partial charge in [-0.3, -0.25) is 4.79 Å². The topological polar surface area (TPSA) is 47.6 Å². The molecular weight excluding hydrogens is 266 g/mol. The van der Waals surface area contributed by atoms with Gasteiger partial charge in [-0.25, -0.2) is 0 Å². The van der Waals surface area contributed by atoms with Gasteiger partial charge in [-0.05, 0) is 29.3 Å². The third-order valence-electron chi connectivity index (χ3n) is 3.27. The molecule has 0 aliphatic carbocycles. The van der Waals surface area contributed by atoms with E-state index >= 15 is 0 Å². The van der Waals surface area contributed by atoms with E-state index in [9.17, 15) is 4.79 Å². The molecule has 0 aliphatic rings. The van der Waals surface area contributed by atoms with Gasteiger partial charge in [0, 0.05) is 13.7 Å². The fourth-order valence-electron chi connectivity index (χ4n) is 2.12. The first-order chi connectivity index (χ1) is 10.2. The Morgan fingerprint density at radius 3 is 2.67 bits per heavy atom. The first-order valence-corrected chi connectivity index (χ1v) is 7.16. The Labute approximate surface area is 125 Å². The van der Waals surface area contributed by atoms with Gasteiger partial charge in [0.25, 0.3) is 5.91 Å². The molecule has 0 aromatic heterocycles. The summed E-state index contributed by atoms with van der Waals surface area (Å²) in [4.78, 5) is 12.0. The average molecular weight is 287 g/mol. The Hall–Kier alpha value is -2.07. The van der Waals surface area contributed by atoms with E-state index in [1.165, 1.54) is 0 Å². The summed E-state index contributed by atoms with van der Waals surface area (Å²) in [6.07, 6.45) is 0.133. The van der Waals surface area contributed by atoms with E-state index in [1.54, 1.807) is 7.11 Å². The van der Waals surface area contributed by atoms with Gasteiger partial charge >= 0.3 is 0 Å². The minimum Gasteiger partial charge on any atom is -0.481 e. The molecule has 2 aromatic rings. The van der Waals surface area contributed by atoms with E-state index in [2.05, 4.69) is 5.32 Å². The Morgan fingerprint density at radius 1 is 1.19 bits per heavy atom. The van der Waals surface area contributed by atoms with E-state index in [1.807, 2.05) is 49.4 Å². The number of ether oxygens (including phenoxy) is 2. The number of nitrogens with one attached hydrogen (secondary N) is 1.